The number of hydrogen-bond acceptors (Lipinski definition) is 5. The second-order valence-corrected chi connectivity index (χ2v) is 7.92. The van der Waals surface area contributed by atoms with Gasteiger partial charge < -0.3 is 16.0 Å². The van der Waals surface area contributed by atoms with Crippen molar-refractivity contribution in [2.24, 2.45) is 10.7 Å². The summed E-state index contributed by atoms with van der Waals surface area (Å²) in [5.74, 6) is -1.42. The van der Waals surface area contributed by atoms with Crippen molar-refractivity contribution in [3.05, 3.63) is 58.1 Å². The zero-order valence-corrected chi connectivity index (χ0v) is 17.7. The molecule has 0 saturated heterocycles. The van der Waals surface area contributed by atoms with Gasteiger partial charge >= 0.3 is 0 Å². The third-order valence-corrected chi connectivity index (χ3v) is 5.10. The van der Waals surface area contributed by atoms with Crippen molar-refractivity contribution < 1.29 is 14.0 Å². The zero-order valence-electron chi connectivity index (χ0n) is 16.1. The van der Waals surface area contributed by atoms with Crippen molar-refractivity contribution in [1.29, 1.82) is 0 Å². The van der Waals surface area contributed by atoms with E-state index in [2.05, 4.69) is 31.2 Å². The Bertz CT molecular complexity index is 979. The second-order valence-electron chi connectivity index (χ2n) is 7.01. The van der Waals surface area contributed by atoms with Crippen LogP contribution in [0.2, 0.25) is 0 Å². The summed E-state index contributed by atoms with van der Waals surface area (Å²) >= 11 is 3.27. The Morgan fingerprint density at radius 1 is 1.38 bits per heavy atom. The van der Waals surface area contributed by atoms with E-state index in [1.165, 1.54) is 24.4 Å². The fraction of sp³-hybridized carbons (Fsp3) is 0.300. The van der Waals surface area contributed by atoms with Crippen LogP contribution in [0.4, 0.5) is 10.1 Å². The quantitative estimate of drug-likeness (QED) is 0.714. The molecule has 0 bridgehead atoms. The first kappa shape index (κ1) is 20.9. The second kappa shape index (κ2) is 8.28. The number of amides is 2. The third kappa shape index (κ3) is 4.45. The highest BCUT2D eigenvalue weighted by Crippen LogP contribution is 2.33. The van der Waals surface area contributed by atoms with Crippen LogP contribution in [0, 0.1) is 5.82 Å². The Morgan fingerprint density at radius 2 is 2.14 bits per heavy atom. The summed E-state index contributed by atoms with van der Waals surface area (Å²) in [6.45, 7) is 4.36. The summed E-state index contributed by atoms with van der Waals surface area (Å²) in [6, 6.07) is 7.52. The van der Waals surface area contributed by atoms with E-state index in [1.54, 1.807) is 24.0 Å². The Balaban J connectivity index is 1.91. The molecule has 3 N–H and O–H groups in total. The number of carbonyl (C=O) groups is 2. The van der Waals surface area contributed by atoms with E-state index in [9.17, 15) is 14.0 Å². The molecule has 0 saturated carbocycles. The predicted octanol–water partition coefficient (Wildman–Crippen LogP) is 3.06. The van der Waals surface area contributed by atoms with Crippen molar-refractivity contribution in [3.63, 3.8) is 0 Å². The Labute approximate surface area is 176 Å². The van der Waals surface area contributed by atoms with E-state index in [4.69, 9.17) is 5.73 Å². The van der Waals surface area contributed by atoms with Gasteiger partial charge in [-0.25, -0.2) is 9.37 Å². The van der Waals surface area contributed by atoms with Gasteiger partial charge in [0.1, 0.15) is 17.1 Å². The number of pyridine rings is 1. The number of nitrogens with zero attached hydrogens (tertiary/aromatic N) is 3. The van der Waals surface area contributed by atoms with Crippen LogP contribution in [-0.2, 0) is 10.3 Å². The number of aliphatic imine (C=N–C) groups is 1. The molecule has 2 heterocycles. The standard InChI is InChI=1S/C20H21BrFN5O2/c1-3-8-27-11-20(2,26-17(23)19(27)29)14-9-13(5-6-15(14)22)25-18(28)16-7-4-12(21)10-24-16/h4-7,9-10H,3,8,11H2,1-2H3,(H2,23,26)(H,25,28). The molecule has 2 amide bonds. The number of anilines is 1. The molecule has 0 spiro atoms. The van der Waals surface area contributed by atoms with E-state index in [1.807, 2.05) is 6.92 Å². The number of nitrogens with one attached hydrogen (secondary N) is 1. The molecule has 152 valence electrons. The summed E-state index contributed by atoms with van der Waals surface area (Å²) in [6.07, 6.45) is 2.26. The minimum Gasteiger partial charge on any atom is -0.379 e. The predicted molar refractivity (Wildman–Crippen MR) is 112 cm³/mol. The minimum absolute atomic E-state index is 0.153. The van der Waals surface area contributed by atoms with Gasteiger partial charge in [0.15, 0.2) is 5.84 Å². The molecule has 2 aromatic rings. The summed E-state index contributed by atoms with van der Waals surface area (Å²) < 4.78 is 15.5. The first-order chi connectivity index (χ1) is 13.7. The van der Waals surface area contributed by atoms with Crippen LogP contribution < -0.4 is 11.1 Å². The first-order valence-corrected chi connectivity index (χ1v) is 9.90. The maximum Gasteiger partial charge on any atom is 0.288 e. The number of amidine groups is 1. The van der Waals surface area contributed by atoms with Crippen LogP contribution in [0.1, 0.15) is 36.3 Å². The molecule has 1 aromatic carbocycles. The summed E-state index contributed by atoms with van der Waals surface area (Å²) in [4.78, 5) is 34.5. The van der Waals surface area contributed by atoms with E-state index in [0.717, 1.165) is 10.9 Å². The van der Waals surface area contributed by atoms with Gasteiger partial charge in [-0.1, -0.05) is 6.92 Å². The van der Waals surface area contributed by atoms with Gasteiger partial charge in [-0.05, 0) is 59.6 Å². The van der Waals surface area contributed by atoms with Crippen molar-refractivity contribution in [2.45, 2.75) is 25.8 Å². The summed E-state index contributed by atoms with van der Waals surface area (Å²) in [5.41, 5.74) is 5.63. The van der Waals surface area contributed by atoms with Crippen LogP contribution in [0.3, 0.4) is 0 Å². The molecule has 0 aliphatic carbocycles. The zero-order chi connectivity index (χ0) is 21.2. The van der Waals surface area contributed by atoms with Crippen molar-refractivity contribution in [1.82, 2.24) is 9.88 Å². The molecule has 1 aliphatic heterocycles. The lowest BCUT2D eigenvalue weighted by Crippen LogP contribution is -2.52. The number of nitrogens with two attached hydrogens (primary N) is 1. The monoisotopic (exact) mass is 461 g/mol. The SMILES string of the molecule is CCCN1CC(C)(c2cc(NC(=O)c3ccc(Br)cn3)ccc2F)N=C(N)C1=O. The first-order valence-electron chi connectivity index (χ1n) is 9.11. The average molecular weight is 462 g/mol. The number of carbonyl (C=O) groups excluding carboxylic acids is 2. The Hall–Kier alpha value is -2.81. The molecule has 1 unspecified atom stereocenters. The van der Waals surface area contributed by atoms with E-state index >= 15 is 0 Å². The van der Waals surface area contributed by atoms with Gasteiger partial charge in [0.05, 0.1) is 6.54 Å². The van der Waals surface area contributed by atoms with Crippen LogP contribution >= 0.6 is 15.9 Å². The molecule has 3 rings (SSSR count). The highest BCUT2D eigenvalue weighted by molar-refractivity contribution is 9.10. The van der Waals surface area contributed by atoms with Crippen LogP contribution in [0.5, 0.6) is 0 Å². The number of hydrogen-bond donors (Lipinski definition) is 2. The normalized spacial score (nSPS) is 19.1. The molecular weight excluding hydrogens is 441 g/mol. The lowest BCUT2D eigenvalue weighted by molar-refractivity contribution is -0.126. The number of benzene rings is 1. The van der Waals surface area contributed by atoms with E-state index in [0.29, 0.717) is 12.2 Å². The van der Waals surface area contributed by atoms with E-state index < -0.39 is 17.3 Å². The maximum atomic E-state index is 14.7. The van der Waals surface area contributed by atoms with Gasteiger partial charge in [0.25, 0.3) is 11.8 Å². The minimum atomic E-state index is -1.06. The van der Waals surface area contributed by atoms with Gasteiger partial charge in [0.2, 0.25) is 0 Å². The number of halogens is 2. The summed E-state index contributed by atoms with van der Waals surface area (Å²) in [7, 11) is 0. The molecule has 9 heteroatoms. The van der Waals surface area contributed by atoms with Gasteiger partial charge in [-0.2, -0.15) is 0 Å². The lowest BCUT2D eigenvalue weighted by Gasteiger charge is -2.37. The topological polar surface area (TPSA) is 101 Å². The van der Waals surface area contributed by atoms with Crippen LogP contribution in [0.15, 0.2) is 46.0 Å². The van der Waals surface area contributed by atoms with Crippen molar-refractivity contribution >= 4 is 39.3 Å². The lowest BCUT2D eigenvalue weighted by atomic mass is 9.89. The van der Waals surface area contributed by atoms with E-state index in [-0.39, 0.29) is 29.5 Å². The van der Waals surface area contributed by atoms with Gasteiger partial charge in [-0.15, -0.1) is 0 Å². The molecule has 29 heavy (non-hydrogen) atoms. The van der Waals surface area contributed by atoms with Crippen LogP contribution in [0.25, 0.3) is 0 Å². The Kier molecular flexibility index (Phi) is 5.97. The van der Waals surface area contributed by atoms with Gasteiger partial charge in [-0.3, -0.25) is 14.6 Å². The van der Waals surface area contributed by atoms with Gasteiger partial charge in [0, 0.05) is 28.5 Å². The fourth-order valence-corrected chi connectivity index (χ4v) is 3.51. The summed E-state index contributed by atoms with van der Waals surface area (Å²) in [5, 5.41) is 2.71. The number of aromatic nitrogens is 1. The molecule has 1 aromatic heterocycles. The molecule has 7 nitrogen and oxygen atoms in total. The average Bonchev–Trinajstić information content (AvgIpc) is 2.68. The molecule has 1 aliphatic rings. The largest absolute Gasteiger partial charge is 0.379 e. The van der Waals surface area contributed by atoms with Crippen molar-refractivity contribution in [3.8, 4) is 0 Å². The highest BCUT2D eigenvalue weighted by Gasteiger charge is 2.38. The number of rotatable bonds is 5. The Morgan fingerprint density at radius 3 is 2.79 bits per heavy atom. The molecular formula is C20H21BrFN5O2. The smallest absolute Gasteiger partial charge is 0.288 e. The molecule has 0 fully saturated rings. The molecule has 1 atom stereocenters. The fourth-order valence-electron chi connectivity index (χ4n) is 3.27. The van der Waals surface area contributed by atoms with Crippen molar-refractivity contribution in [2.75, 3.05) is 18.4 Å². The maximum absolute atomic E-state index is 14.7. The third-order valence-electron chi connectivity index (χ3n) is 4.63. The molecule has 0 radical (unpaired) electrons. The van der Waals surface area contributed by atoms with Crippen LogP contribution in [-0.4, -0.2) is 40.6 Å². The highest BCUT2D eigenvalue weighted by atomic mass is 79.9.